The zero-order valence-electron chi connectivity index (χ0n) is 12.7. The van der Waals surface area contributed by atoms with E-state index >= 15 is 0 Å². The molecule has 0 spiro atoms. The van der Waals surface area contributed by atoms with Crippen LogP contribution in [0, 0.1) is 5.82 Å². The molecule has 1 aliphatic heterocycles. The molecule has 1 aromatic carbocycles. The fourth-order valence-corrected chi connectivity index (χ4v) is 2.56. The highest BCUT2D eigenvalue weighted by molar-refractivity contribution is 6.30. The Bertz CT molecular complexity index is 581. The summed E-state index contributed by atoms with van der Waals surface area (Å²) in [6.45, 7) is 3.32. The summed E-state index contributed by atoms with van der Waals surface area (Å²) in [5.41, 5.74) is 9.20. The Morgan fingerprint density at radius 3 is 2.91 bits per heavy atom. The van der Waals surface area contributed by atoms with Crippen LogP contribution in [0.4, 0.5) is 9.18 Å². The second-order valence-electron chi connectivity index (χ2n) is 5.29. The average Bonchev–Trinajstić information content (AvgIpc) is 2.57. The van der Waals surface area contributed by atoms with Crippen molar-refractivity contribution in [3.63, 3.8) is 0 Å². The number of nitrogens with one attached hydrogen (secondary N) is 3. The highest BCUT2D eigenvalue weighted by Crippen LogP contribution is 2.25. The lowest BCUT2D eigenvalue weighted by Crippen LogP contribution is -2.47. The number of urea groups is 1. The third-order valence-electron chi connectivity index (χ3n) is 3.69. The molecule has 0 aliphatic carbocycles. The van der Waals surface area contributed by atoms with Gasteiger partial charge in [-0.3, -0.25) is 15.8 Å². The van der Waals surface area contributed by atoms with E-state index < -0.39 is 6.03 Å². The van der Waals surface area contributed by atoms with Gasteiger partial charge in [-0.2, -0.15) is 0 Å². The first-order valence-corrected chi connectivity index (χ1v) is 7.84. The molecular formula is C15H21ClFN5O. The van der Waals surface area contributed by atoms with Gasteiger partial charge in [0.1, 0.15) is 5.82 Å². The molecule has 126 valence electrons. The molecule has 1 aromatic rings. The summed E-state index contributed by atoms with van der Waals surface area (Å²) in [6.07, 6.45) is 3.89. The van der Waals surface area contributed by atoms with Gasteiger partial charge in [-0.15, -0.1) is 0 Å². The van der Waals surface area contributed by atoms with Gasteiger partial charge in [0.05, 0.1) is 5.02 Å². The van der Waals surface area contributed by atoms with Crippen LogP contribution in [0.15, 0.2) is 24.3 Å². The van der Waals surface area contributed by atoms with E-state index in [9.17, 15) is 9.18 Å². The van der Waals surface area contributed by atoms with Gasteiger partial charge >= 0.3 is 6.03 Å². The number of hydrogen-bond acceptors (Lipinski definition) is 4. The quantitative estimate of drug-likeness (QED) is 0.274. The van der Waals surface area contributed by atoms with Crippen LogP contribution in [0.5, 0.6) is 0 Å². The van der Waals surface area contributed by atoms with Crippen LogP contribution < -0.4 is 22.1 Å². The molecule has 0 aromatic heterocycles. The fraction of sp³-hybridized carbons (Fsp3) is 0.400. The summed E-state index contributed by atoms with van der Waals surface area (Å²) in [5.74, 6) is 4.55. The Balaban J connectivity index is 1.73. The van der Waals surface area contributed by atoms with E-state index in [4.69, 9.17) is 17.4 Å². The van der Waals surface area contributed by atoms with Crippen LogP contribution in [0.3, 0.4) is 0 Å². The smallest absolute Gasteiger partial charge is 0.299 e. The zero-order chi connectivity index (χ0) is 16.7. The minimum atomic E-state index is -0.467. The van der Waals surface area contributed by atoms with Crippen LogP contribution in [0.2, 0.25) is 5.02 Å². The normalized spacial score (nSPS) is 15.2. The predicted octanol–water partition coefficient (Wildman–Crippen LogP) is 1.64. The van der Waals surface area contributed by atoms with Gasteiger partial charge in [-0.05, 0) is 42.7 Å². The Labute approximate surface area is 139 Å². The lowest BCUT2D eigenvalue weighted by molar-refractivity contribution is 0.235. The van der Waals surface area contributed by atoms with Crippen LogP contribution in [0.25, 0.3) is 5.57 Å². The van der Waals surface area contributed by atoms with Crippen molar-refractivity contribution in [1.29, 1.82) is 0 Å². The van der Waals surface area contributed by atoms with Crippen molar-refractivity contribution in [3.05, 3.63) is 40.7 Å². The van der Waals surface area contributed by atoms with E-state index in [1.807, 2.05) is 11.5 Å². The molecule has 6 nitrogen and oxygen atoms in total. The molecule has 2 rings (SSSR count). The van der Waals surface area contributed by atoms with Crippen molar-refractivity contribution < 1.29 is 9.18 Å². The van der Waals surface area contributed by atoms with E-state index in [0.717, 1.165) is 43.6 Å². The molecule has 23 heavy (non-hydrogen) atoms. The Hall–Kier alpha value is -1.67. The molecule has 0 bridgehead atoms. The van der Waals surface area contributed by atoms with E-state index in [2.05, 4.69) is 21.8 Å². The number of carbonyl (C=O) groups excluding carboxylic acids is 1. The highest BCUT2D eigenvalue weighted by atomic mass is 35.5. The van der Waals surface area contributed by atoms with Crippen molar-refractivity contribution in [2.75, 3.05) is 26.2 Å². The number of amides is 2. The standard InChI is InChI=1S/C15H21ClFN5O/c16-13-3-2-12(10-14(13)17)11-4-8-22(9-5-11)7-1-6-19-21-15(23)20-18/h2-4,10,19H,1,5-9,18H2,(H2,20,21,23). The molecule has 5 N–H and O–H groups in total. The lowest BCUT2D eigenvalue weighted by Gasteiger charge is -2.26. The highest BCUT2D eigenvalue weighted by Gasteiger charge is 2.13. The summed E-state index contributed by atoms with van der Waals surface area (Å²) in [7, 11) is 0. The Morgan fingerprint density at radius 1 is 1.43 bits per heavy atom. The van der Waals surface area contributed by atoms with Crippen molar-refractivity contribution in [2.45, 2.75) is 12.8 Å². The predicted molar refractivity (Wildman–Crippen MR) is 88.9 cm³/mol. The minimum absolute atomic E-state index is 0.149. The zero-order valence-corrected chi connectivity index (χ0v) is 13.5. The summed E-state index contributed by atoms with van der Waals surface area (Å²) >= 11 is 5.71. The average molecular weight is 342 g/mol. The van der Waals surface area contributed by atoms with Crippen molar-refractivity contribution in [1.82, 2.24) is 21.2 Å². The largest absolute Gasteiger partial charge is 0.343 e. The monoisotopic (exact) mass is 341 g/mol. The number of hydrazine groups is 2. The molecule has 2 amide bonds. The summed E-state index contributed by atoms with van der Waals surface area (Å²) in [4.78, 5) is 13.1. The van der Waals surface area contributed by atoms with Gasteiger partial charge in [0.2, 0.25) is 0 Å². The first kappa shape index (κ1) is 17.7. The van der Waals surface area contributed by atoms with Gasteiger partial charge in [0.25, 0.3) is 0 Å². The van der Waals surface area contributed by atoms with Gasteiger partial charge in [-0.25, -0.2) is 20.5 Å². The Kier molecular flexibility index (Phi) is 6.79. The maximum atomic E-state index is 13.5. The molecule has 8 heteroatoms. The number of nitrogens with two attached hydrogens (primary N) is 1. The molecule has 1 heterocycles. The van der Waals surface area contributed by atoms with Crippen LogP contribution in [-0.4, -0.2) is 37.1 Å². The topological polar surface area (TPSA) is 82.4 Å². The summed E-state index contributed by atoms with van der Waals surface area (Å²) in [5, 5.41) is 0.149. The van der Waals surface area contributed by atoms with Gasteiger partial charge in [0, 0.05) is 19.6 Å². The molecule has 0 atom stereocenters. The molecule has 1 aliphatic rings. The number of halogens is 2. The van der Waals surface area contributed by atoms with Gasteiger partial charge in [0.15, 0.2) is 0 Å². The van der Waals surface area contributed by atoms with E-state index in [1.165, 1.54) is 6.07 Å². The Morgan fingerprint density at radius 2 is 2.26 bits per heavy atom. The van der Waals surface area contributed by atoms with E-state index in [-0.39, 0.29) is 10.8 Å². The number of carbonyl (C=O) groups is 1. The summed E-state index contributed by atoms with van der Waals surface area (Å²) < 4.78 is 13.5. The second-order valence-corrected chi connectivity index (χ2v) is 5.69. The third kappa shape index (κ3) is 5.47. The first-order chi connectivity index (χ1) is 11.1. The van der Waals surface area contributed by atoms with Gasteiger partial charge in [-0.1, -0.05) is 23.7 Å². The van der Waals surface area contributed by atoms with E-state index in [0.29, 0.717) is 6.54 Å². The number of rotatable bonds is 6. The summed E-state index contributed by atoms with van der Waals surface area (Å²) in [6, 6.07) is 4.47. The minimum Gasteiger partial charge on any atom is -0.299 e. The van der Waals surface area contributed by atoms with Crippen LogP contribution in [-0.2, 0) is 0 Å². The second kappa shape index (κ2) is 8.83. The first-order valence-electron chi connectivity index (χ1n) is 7.46. The molecule has 0 saturated carbocycles. The number of benzene rings is 1. The molecular weight excluding hydrogens is 321 g/mol. The van der Waals surface area contributed by atoms with E-state index in [1.54, 1.807) is 6.07 Å². The maximum Gasteiger partial charge on any atom is 0.343 e. The van der Waals surface area contributed by atoms with Crippen LogP contribution in [0.1, 0.15) is 18.4 Å². The number of hydrogen-bond donors (Lipinski definition) is 4. The molecule has 0 fully saturated rings. The van der Waals surface area contributed by atoms with Crippen LogP contribution >= 0.6 is 11.6 Å². The maximum absolute atomic E-state index is 13.5. The fourth-order valence-electron chi connectivity index (χ4n) is 2.44. The molecule has 0 saturated heterocycles. The third-order valence-corrected chi connectivity index (χ3v) is 4.00. The van der Waals surface area contributed by atoms with Crippen molar-refractivity contribution in [3.8, 4) is 0 Å². The van der Waals surface area contributed by atoms with Crippen molar-refractivity contribution >= 4 is 23.2 Å². The molecule has 0 radical (unpaired) electrons. The van der Waals surface area contributed by atoms with Gasteiger partial charge < -0.3 is 0 Å². The van der Waals surface area contributed by atoms with Crippen molar-refractivity contribution in [2.24, 2.45) is 5.84 Å². The lowest BCUT2D eigenvalue weighted by atomic mass is 9.99. The SMILES string of the molecule is NNC(=O)NNCCCN1CC=C(c2ccc(Cl)c(F)c2)CC1. The molecule has 0 unspecified atom stereocenters. The number of nitrogens with zero attached hydrogens (tertiary/aromatic N) is 1.